The summed E-state index contributed by atoms with van der Waals surface area (Å²) in [5.41, 5.74) is 5.72. The molecule has 0 aromatic carbocycles. The summed E-state index contributed by atoms with van der Waals surface area (Å²) in [4.78, 5) is 28.0. The van der Waals surface area contributed by atoms with Gasteiger partial charge in [0.25, 0.3) is 5.91 Å². The Morgan fingerprint density at radius 2 is 2.19 bits per heavy atom. The number of nitrogens with one attached hydrogen (secondary N) is 3. The first-order chi connectivity index (χ1) is 9.99. The Balaban J connectivity index is 2.63. The van der Waals surface area contributed by atoms with Gasteiger partial charge in [-0.3, -0.25) is 9.59 Å². The summed E-state index contributed by atoms with van der Waals surface area (Å²) in [7, 11) is 1.60. The van der Waals surface area contributed by atoms with E-state index in [1.165, 1.54) is 0 Å². The molecule has 2 amide bonds. The number of nitrogen functional groups attached to an aromatic ring is 1. The van der Waals surface area contributed by atoms with Crippen LogP contribution in [0.2, 0.25) is 0 Å². The van der Waals surface area contributed by atoms with Crippen LogP contribution in [0.4, 0.5) is 10.9 Å². The molecule has 0 aliphatic heterocycles. The quantitative estimate of drug-likeness (QED) is 0.503. The number of rotatable bonds is 8. The van der Waals surface area contributed by atoms with Crippen LogP contribution in [0.1, 0.15) is 23.5 Å². The SMILES string of the molecule is CCNC(=O)C(C)NC(=O)c1sc(NCCOC)nc1N. The zero-order valence-corrected chi connectivity index (χ0v) is 13.2. The number of likely N-dealkylation sites (N-methyl/N-ethyl adjacent to an activating group) is 1. The summed E-state index contributed by atoms with van der Waals surface area (Å²) in [6.07, 6.45) is 0. The van der Waals surface area contributed by atoms with Crippen LogP contribution in [0.25, 0.3) is 0 Å². The molecule has 1 aromatic rings. The normalized spacial score (nSPS) is 11.8. The fourth-order valence-corrected chi connectivity index (χ4v) is 2.30. The molecule has 1 aromatic heterocycles. The van der Waals surface area contributed by atoms with E-state index in [-0.39, 0.29) is 16.6 Å². The third-order valence-electron chi connectivity index (χ3n) is 2.53. The number of nitrogens with two attached hydrogens (primary N) is 1. The lowest BCUT2D eigenvalue weighted by atomic mass is 10.3. The van der Waals surface area contributed by atoms with Crippen LogP contribution in [-0.4, -0.2) is 49.6 Å². The van der Waals surface area contributed by atoms with Crippen LogP contribution < -0.4 is 21.7 Å². The maximum Gasteiger partial charge on any atom is 0.265 e. The van der Waals surface area contributed by atoms with Crippen LogP contribution in [0, 0.1) is 0 Å². The molecule has 21 heavy (non-hydrogen) atoms. The lowest BCUT2D eigenvalue weighted by Gasteiger charge is -2.12. The van der Waals surface area contributed by atoms with Crippen LogP contribution in [0.3, 0.4) is 0 Å². The largest absolute Gasteiger partial charge is 0.383 e. The maximum absolute atomic E-state index is 12.1. The Hall–Kier alpha value is -1.87. The number of carbonyl (C=O) groups excluding carboxylic acids is 2. The first-order valence-electron chi connectivity index (χ1n) is 6.57. The molecule has 0 radical (unpaired) electrons. The summed E-state index contributed by atoms with van der Waals surface area (Å²) in [6.45, 7) is 5.02. The van der Waals surface area contributed by atoms with E-state index < -0.39 is 11.9 Å². The number of hydrogen-bond acceptors (Lipinski definition) is 7. The topological polar surface area (TPSA) is 118 Å². The summed E-state index contributed by atoms with van der Waals surface area (Å²) < 4.78 is 4.91. The van der Waals surface area contributed by atoms with E-state index in [0.717, 1.165) is 11.3 Å². The molecule has 8 nitrogen and oxygen atoms in total. The summed E-state index contributed by atoms with van der Waals surface area (Å²) in [5.74, 6) is -0.517. The minimum Gasteiger partial charge on any atom is -0.383 e. The van der Waals surface area contributed by atoms with E-state index in [0.29, 0.717) is 24.8 Å². The van der Waals surface area contributed by atoms with Gasteiger partial charge in [0.1, 0.15) is 16.7 Å². The van der Waals surface area contributed by atoms with Crippen molar-refractivity contribution in [3.8, 4) is 0 Å². The number of methoxy groups -OCH3 is 1. The molecule has 0 aliphatic carbocycles. The zero-order valence-electron chi connectivity index (χ0n) is 12.4. The molecule has 118 valence electrons. The zero-order chi connectivity index (χ0) is 15.8. The van der Waals surface area contributed by atoms with Crippen LogP contribution in [0.15, 0.2) is 0 Å². The molecule has 5 N–H and O–H groups in total. The Kier molecular flexibility index (Phi) is 6.89. The predicted octanol–water partition coefficient (Wildman–Crippen LogP) is 0.0380. The second-order valence-corrected chi connectivity index (χ2v) is 5.24. The van der Waals surface area contributed by atoms with Crippen molar-refractivity contribution in [2.24, 2.45) is 0 Å². The lowest BCUT2D eigenvalue weighted by Crippen LogP contribution is -2.44. The number of nitrogens with zero attached hydrogens (tertiary/aromatic N) is 1. The summed E-state index contributed by atoms with van der Waals surface area (Å²) in [5, 5.41) is 8.77. The third-order valence-corrected chi connectivity index (χ3v) is 3.56. The van der Waals surface area contributed by atoms with Gasteiger partial charge in [-0.1, -0.05) is 11.3 Å². The van der Waals surface area contributed by atoms with Gasteiger partial charge in [0.05, 0.1) is 6.61 Å². The van der Waals surface area contributed by atoms with Crippen molar-refractivity contribution in [2.75, 3.05) is 37.9 Å². The molecule has 0 saturated carbocycles. The molecule has 1 atom stereocenters. The smallest absolute Gasteiger partial charge is 0.265 e. The number of amides is 2. The molecule has 0 spiro atoms. The van der Waals surface area contributed by atoms with E-state index in [1.54, 1.807) is 14.0 Å². The van der Waals surface area contributed by atoms with Crippen molar-refractivity contribution in [3.63, 3.8) is 0 Å². The summed E-state index contributed by atoms with van der Waals surface area (Å²) in [6, 6.07) is -0.635. The van der Waals surface area contributed by atoms with Crippen molar-refractivity contribution in [1.82, 2.24) is 15.6 Å². The molecule has 1 unspecified atom stereocenters. The number of thiazole rings is 1. The van der Waals surface area contributed by atoms with E-state index >= 15 is 0 Å². The monoisotopic (exact) mass is 315 g/mol. The molecule has 1 rings (SSSR count). The average molecular weight is 315 g/mol. The van der Waals surface area contributed by atoms with Gasteiger partial charge in [-0.15, -0.1) is 0 Å². The van der Waals surface area contributed by atoms with Gasteiger partial charge in [-0.25, -0.2) is 4.98 Å². The summed E-state index contributed by atoms with van der Waals surface area (Å²) >= 11 is 1.14. The minimum absolute atomic E-state index is 0.139. The van der Waals surface area contributed by atoms with Crippen molar-refractivity contribution < 1.29 is 14.3 Å². The number of carbonyl (C=O) groups is 2. The number of aromatic nitrogens is 1. The van der Waals surface area contributed by atoms with Crippen molar-refractivity contribution in [1.29, 1.82) is 0 Å². The highest BCUT2D eigenvalue weighted by Gasteiger charge is 2.20. The molecule has 0 aliphatic rings. The molecule has 0 saturated heterocycles. The maximum atomic E-state index is 12.1. The van der Waals surface area contributed by atoms with E-state index in [2.05, 4.69) is 20.9 Å². The minimum atomic E-state index is -0.635. The Morgan fingerprint density at radius 1 is 1.48 bits per heavy atom. The van der Waals surface area contributed by atoms with Gasteiger partial charge in [-0.05, 0) is 13.8 Å². The van der Waals surface area contributed by atoms with Crippen LogP contribution >= 0.6 is 11.3 Å². The van der Waals surface area contributed by atoms with Crippen LogP contribution in [-0.2, 0) is 9.53 Å². The standard InChI is InChI=1S/C12H21N5O3S/c1-4-14-10(18)7(2)16-11(19)8-9(13)17-12(21-8)15-5-6-20-3/h7H,4-6,13H2,1-3H3,(H,14,18)(H,15,17)(H,16,19). The van der Waals surface area contributed by atoms with E-state index in [4.69, 9.17) is 10.5 Å². The first kappa shape index (κ1) is 17.2. The number of ether oxygens (including phenoxy) is 1. The van der Waals surface area contributed by atoms with Gasteiger partial charge in [0, 0.05) is 20.2 Å². The van der Waals surface area contributed by atoms with Crippen molar-refractivity contribution in [3.05, 3.63) is 4.88 Å². The van der Waals surface area contributed by atoms with Crippen molar-refractivity contribution in [2.45, 2.75) is 19.9 Å². The second kappa shape index (κ2) is 8.42. The fraction of sp³-hybridized carbons (Fsp3) is 0.583. The fourth-order valence-electron chi connectivity index (χ4n) is 1.49. The Bertz CT molecular complexity index is 491. The Labute approximate surface area is 127 Å². The highest BCUT2D eigenvalue weighted by atomic mass is 32.1. The van der Waals surface area contributed by atoms with Gasteiger partial charge in [-0.2, -0.15) is 0 Å². The van der Waals surface area contributed by atoms with E-state index in [1.807, 2.05) is 6.92 Å². The van der Waals surface area contributed by atoms with Gasteiger partial charge >= 0.3 is 0 Å². The first-order valence-corrected chi connectivity index (χ1v) is 7.38. The highest BCUT2D eigenvalue weighted by molar-refractivity contribution is 7.18. The molecule has 9 heteroatoms. The predicted molar refractivity (Wildman–Crippen MR) is 82.5 cm³/mol. The van der Waals surface area contributed by atoms with Gasteiger partial charge < -0.3 is 26.4 Å². The van der Waals surface area contributed by atoms with Gasteiger partial charge in [0.2, 0.25) is 5.91 Å². The van der Waals surface area contributed by atoms with Crippen LogP contribution in [0.5, 0.6) is 0 Å². The van der Waals surface area contributed by atoms with Crippen molar-refractivity contribution >= 4 is 34.1 Å². The average Bonchev–Trinajstić information content (AvgIpc) is 2.80. The lowest BCUT2D eigenvalue weighted by molar-refractivity contribution is -0.122. The number of hydrogen-bond donors (Lipinski definition) is 4. The van der Waals surface area contributed by atoms with Gasteiger partial charge in [0.15, 0.2) is 5.13 Å². The third kappa shape index (κ3) is 5.20. The molecular formula is C12H21N5O3S. The second-order valence-electron chi connectivity index (χ2n) is 4.24. The highest BCUT2D eigenvalue weighted by Crippen LogP contribution is 2.24. The Morgan fingerprint density at radius 3 is 2.81 bits per heavy atom. The number of anilines is 2. The molecule has 0 fully saturated rings. The molecule has 0 bridgehead atoms. The molecular weight excluding hydrogens is 294 g/mol. The molecule has 1 heterocycles. The van der Waals surface area contributed by atoms with E-state index in [9.17, 15) is 9.59 Å².